The Morgan fingerprint density at radius 2 is 0.212 bits per heavy atom. The molecule has 0 saturated heterocycles. The van der Waals surface area contributed by atoms with Gasteiger partial charge in [-0.15, -0.1) is 0 Å². The van der Waals surface area contributed by atoms with Gasteiger partial charge in [-0.3, -0.25) is 0 Å². The van der Waals surface area contributed by atoms with Crippen LogP contribution in [-0.2, 0) is 30.8 Å². The molecule has 0 N–H and O–H groups in total. The number of hydrogen-bond acceptors (Lipinski definition) is 6. The van der Waals surface area contributed by atoms with Crippen LogP contribution in [0.25, 0.3) is 0 Å². The Bertz CT molecular complexity index is 1810. The first-order chi connectivity index (χ1) is 57.4. The maximum atomic E-state index is 12.3. The van der Waals surface area contributed by atoms with E-state index in [2.05, 4.69) is 114 Å². The third kappa shape index (κ3) is 118. The van der Waals surface area contributed by atoms with E-state index in [0.717, 1.165) is 77.0 Å². The number of unbranched alkanes of at least 4 members (excludes halogenated alkanes) is 72. The van der Waals surface area contributed by atoms with Crippen molar-refractivity contribution in [1.29, 1.82) is 0 Å². The Morgan fingerprint density at radius 1 is 0.136 bits per heavy atom. The first-order valence-corrected chi connectivity index (χ1v) is 59.1. The van der Waals surface area contributed by atoms with Crippen molar-refractivity contribution < 1.29 is 45.4 Å². The minimum Gasteiger partial charge on any atom is -0.799 e. The van der Waals surface area contributed by atoms with E-state index in [1.807, 2.05) is 0 Å². The first kappa shape index (κ1) is 124. The molecule has 118 heavy (non-hydrogen) atoms. The first-order valence-electron chi connectivity index (χ1n) is 53.1. The molecule has 0 aromatic rings. The van der Waals surface area contributed by atoms with Crippen molar-refractivity contribution in [2.45, 2.75) is 581 Å². The third-order valence-electron chi connectivity index (χ3n) is 24.1. The Balaban J connectivity index is -0.000000823. The number of rotatable bonds is 96. The van der Waals surface area contributed by atoms with Gasteiger partial charge < -0.3 is 28.4 Å². The maximum absolute atomic E-state index is 12.3. The Labute approximate surface area is 753 Å². The van der Waals surface area contributed by atoms with E-state index in [-0.39, 0.29) is 17.1 Å². The summed E-state index contributed by atoms with van der Waals surface area (Å²) in [7, 11) is -9.41. The largest absolute Gasteiger partial charge is 3.00 e. The zero-order valence-electron chi connectivity index (χ0n) is 80.7. The predicted molar refractivity (Wildman–Crippen MR) is 529 cm³/mol. The zero-order chi connectivity index (χ0) is 85.6. The molecule has 0 aliphatic heterocycles. The summed E-state index contributed by atoms with van der Waals surface area (Å²) in [4.78, 5) is 37.0. The second-order valence-corrected chi connectivity index (χ2v) is 44.0. The summed E-state index contributed by atoms with van der Waals surface area (Å²) in [5.41, 5.74) is 0. The molecular weight excluding hydrogens is 1540 g/mol. The molecule has 0 aliphatic carbocycles. The molecule has 0 aromatic carbocycles. The number of allylic oxidation sites excluding steroid dienone is 12. The van der Waals surface area contributed by atoms with Crippen molar-refractivity contribution in [1.82, 2.24) is 0 Å². The van der Waals surface area contributed by atoms with E-state index in [1.165, 1.54) is 462 Å². The molecule has 0 atom stereocenters. The Hall–Kier alpha value is -0.471. The van der Waals surface area contributed by atoms with Gasteiger partial charge >= 0.3 is 17.1 Å². The van der Waals surface area contributed by atoms with Crippen LogP contribution in [0.5, 0.6) is 0 Å². The van der Waals surface area contributed by atoms with E-state index < -0.39 is 22.1 Å². The molecule has 6 nitrogen and oxygen atoms in total. The molecule has 0 spiro atoms. The minimum atomic E-state index is -3.14. The van der Waals surface area contributed by atoms with Crippen LogP contribution >= 0.6 is 22.1 Å². The predicted octanol–water partition coefficient (Wildman–Crippen LogP) is 38.1. The van der Waals surface area contributed by atoms with Crippen molar-refractivity contribution in [3.05, 3.63) is 72.9 Å². The fourth-order valence-corrected chi connectivity index (χ4v) is 20.8. The van der Waals surface area contributed by atoms with Crippen LogP contribution in [-0.4, -0.2) is 37.0 Å². The summed E-state index contributed by atoms with van der Waals surface area (Å²) >= 11 is 0. The molecule has 0 aromatic heterocycles. The minimum absolute atomic E-state index is 0. The topological polar surface area (TPSA) is 120 Å². The summed E-state index contributed by atoms with van der Waals surface area (Å²) in [5.74, 6) is 0. The fourth-order valence-electron chi connectivity index (χ4n) is 15.9. The van der Waals surface area contributed by atoms with Crippen molar-refractivity contribution in [3.63, 3.8) is 0 Å². The van der Waals surface area contributed by atoms with Gasteiger partial charge in [-0.05, 0) is 230 Å². The quantitative estimate of drug-likeness (QED) is 0.0259. The average Bonchev–Trinajstić information content (AvgIpc) is 0.951. The van der Waals surface area contributed by atoms with Gasteiger partial charge in [-0.1, -0.05) is 461 Å². The van der Waals surface area contributed by atoms with Gasteiger partial charge in [0.05, 0.1) is 0 Å². The van der Waals surface area contributed by atoms with Crippen molar-refractivity contribution in [3.8, 4) is 0 Å². The van der Waals surface area contributed by atoms with Crippen LogP contribution in [0.2, 0.25) is 0 Å². The molecule has 0 unspecified atom stereocenters. The summed E-state index contributed by atoms with van der Waals surface area (Å²) in [6, 6.07) is 0. The molecule has 0 amide bonds. The van der Waals surface area contributed by atoms with Crippen molar-refractivity contribution >= 4 is 22.1 Å². The summed E-state index contributed by atoms with van der Waals surface area (Å²) in [6.45, 7) is 13.6. The van der Waals surface area contributed by atoms with Gasteiger partial charge in [0.15, 0.2) is 0 Å². The molecule has 0 heterocycles. The van der Waals surface area contributed by atoms with Crippen LogP contribution in [0.3, 0.4) is 0 Å². The molecule has 701 valence electrons. The maximum Gasteiger partial charge on any atom is 3.00 e. The second-order valence-electron chi connectivity index (χ2n) is 36.4. The molecule has 0 fully saturated rings. The number of hydrogen-bond donors (Lipinski definition) is 0. The zero-order valence-corrected chi connectivity index (χ0v) is 84.5. The van der Waals surface area contributed by atoms with E-state index in [1.54, 1.807) is 0 Å². The van der Waals surface area contributed by atoms with Crippen molar-refractivity contribution in [2.24, 2.45) is 0 Å². The standard InChI is InChI=1S/3C36H71O2P.Fe/c3*1-3-5-7-9-11-13-15-17-19-21-23-25-27-29-31-33-35-39(37,38)36-34-32-30-28-26-24-22-20-18-16-14-12-10-8-6-4-2;/h3*17-20H,3-16,21-36H2,1-2H3,(H,37,38);/q;;;+3/p-3. The van der Waals surface area contributed by atoms with Crippen LogP contribution < -0.4 is 14.7 Å². The Kier molecular flexibility index (Phi) is 114. The molecule has 0 aliphatic rings. The smallest absolute Gasteiger partial charge is 0.799 e. The van der Waals surface area contributed by atoms with Crippen LogP contribution in [0.15, 0.2) is 72.9 Å². The molecule has 0 rings (SSSR count). The summed E-state index contributed by atoms with van der Waals surface area (Å²) in [6.07, 6.45) is 137. The Morgan fingerprint density at radius 3 is 0.305 bits per heavy atom. The van der Waals surface area contributed by atoms with Gasteiger partial charge in [0.1, 0.15) is 0 Å². The van der Waals surface area contributed by atoms with E-state index in [9.17, 15) is 28.4 Å². The average molecular weight is 1750 g/mol. The van der Waals surface area contributed by atoms with Crippen LogP contribution in [0.4, 0.5) is 0 Å². The molecule has 0 bridgehead atoms. The van der Waals surface area contributed by atoms with Gasteiger partial charge in [0.25, 0.3) is 0 Å². The van der Waals surface area contributed by atoms with Gasteiger partial charge in [-0.2, -0.15) is 0 Å². The normalized spacial score (nSPS) is 13.5. The molecule has 1 radical (unpaired) electrons. The van der Waals surface area contributed by atoms with Gasteiger partial charge in [0, 0.05) is 22.1 Å². The van der Waals surface area contributed by atoms with E-state index in [4.69, 9.17) is 0 Å². The van der Waals surface area contributed by atoms with E-state index in [0.29, 0.717) is 37.0 Å². The van der Waals surface area contributed by atoms with Crippen LogP contribution in [0, 0.1) is 0 Å². The summed E-state index contributed by atoms with van der Waals surface area (Å²) in [5, 5.41) is 0. The second kappa shape index (κ2) is 109. The van der Waals surface area contributed by atoms with E-state index >= 15 is 0 Å². The molecular formula is C108H210FeO6P3. The van der Waals surface area contributed by atoms with Gasteiger partial charge in [0.2, 0.25) is 0 Å². The fraction of sp³-hybridized carbons (Fsp3) is 0.889. The molecule has 10 heteroatoms. The molecule has 0 saturated carbocycles. The SMILES string of the molecule is CCCCCCCCC=CCCCCCCCCP(=O)([O-])CCCCCCCCC=CCCCCCCCC.CCCCCCCCC=CCCCCCCCCP(=O)([O-])CCCCCCCCC=CCCCCCCCC.CCCCCCCCC=CCCCCCCCCP(=O)([O-])CCCCCCCCC=CCCCCCCCC.[Fe+3]. The summed E-state index contributed by atoms with van der Waals surface area (Å²) < 4.78 is 37.0. The monoisotopic (exact) mass is 1750 g/mol. The van der Waals surface area contributed by atoms with Crippen LogP contribution in [0.1, 0.15) is 581 Å². The third-order valence-corrected chi connectivity index (χ3v) is 30.0. The van der Waals surface area contributed by atoms with Crippen molar-refractivity contribution in [2.75, 3.05) is 37.0 Å². The van der Waals surface area contributed by atoms with Gasteiger partial charge in [-0.25, -0.2) is 0 Å².